The highest BCUT2D eigenvalue weighted by molar-refractivity contribution is 5.46. The summed E-state index contributed by atoms with van der Waals surface area (Å²) in [7, 11) is 0. The first-order valence-corrected chi connectivity index (χ1v) is 6.06. The number of aromatic nitrogens is 2. The summed E-state index contributed by atoms with van der Waals surface area (Å²) in [5.41, 5.74) is 2.54. The van der Waals surface area contributed by atoms with Crippen molar-refractivity contribution < 1.29 is 0 Å². The molecule has 3 nitrogen and oxygen atoms in total. The van der Waals surface area contributed by atoms with Gasteiger partial charge >= 0.3 is 0 Å². The van der Waals surface area contributed by atoms with E-state index in [2.05, 4.69) is 36.3 Å². The van der Waals surface area contributed by atoms with Gasteiger partial charge in [-0.2, -0.15) is 5.10 Å². The number of nitrogens with one attached hydrogen (secondary N) is 2. The quantitative estimate of drug-likeness (QED) is 0.779. The summed E-state index contributed by atoms with van der Waals surface area (Å²) < 4.78 is 0. The molecule has 1 heterocycles. The lowest BCUT2D eigenvalue weighted by Gasteiger charge is -2.16. The van der Waals surface area contributed by atoms with Gasteiger partial charge in [-0.25, -0.2) is 0 Å². The highest BCUT2D eigenvalue weighted by Crippen LogP contribution is 2.35. The summed E-state index contributed by atoms with van der Waals surface area (Å²) in [6, 6.07) is 0.622. The van der Waals surface area contributed by atoms with Crippen LogP contribution in [0, 0.1) is 12.8 Å². The van der Waals surface area contributed by atoms with Crippen molar-refractivity contribution in [2.75, 3.05) is 5.32 Å². The van der Waals surface area contributed by atoms with Crippen LogP contribution in [0.1, 0.15) is 44.4 Å². The minimum atomic E-state index is 0.622. The van der Waals surface area contributed by atoms with Gasteiger partial charge in [-0.15, -0.1) is 0 Å². The van der Waals surface area contributed by atoms with E-state index in [1.165, 1.54) is 30.5 Å². The van der Waals surface area contributed by atoms with E-state index < -0.39 is 0 Å². The van der Waals surface area contributed by atoms with Crippen molar-refractivity contribution in [3.8, 4) is 0 Å². The van der Waals surface area contributed by atoms with Crippen LogP contribution >= 0.6 is 0 Å². The summed E-state index contributed by atoms with van der Waals surface area (Å²) in [6.45, 7) is 6.55. The smallest absolute Gasteiger partial charge is 0.151 e. The topological polar surface area (TPSA) is 40.7 Å². The molecule has 15 heavy (non-hydrogen) atoms. The molecule has 0 radical (unpaired) electrons. The Morgan fingerprint density at radius 2 is 2.20 bits per heavy atom. The highest BCUT2D eigenvalue weighted by atomic mass is 15.2. The van der Waals surface area contributed by atoms with Gasteiger partial charge in [0, 0.05) is 17.3 Å². The van der Waals surface area contributed by atoms with Crippen LogP contribution in [0.25, 0.3) is 0 Å². The van der Waals surface area contributed by atoms with E-state index in [1.54, 1.807) is 0 Å². The SMILES string of the molecule is CCc1[nH]nc(NC(CC)C2CC2)c1C. The Bertz CT molecular complexity index is 326. The van der Waals surface area contributed by atoms with Gasteiger partial charge in [0.05, 0.1) is 0 Å². The lowest BCUT2D eigenvalue weighted by atomic mass is 10.1. The number of H-pyrrole nitrogens is 1. The van der Waals surface area contributed by atoms with Crippen molar-refractivity contribution in [3.63, 3.8) is 0 Å². The van der Waals surface area contributed by atoms with Crippen molar-refractivity contribution in [2.24, 2.45) is 5.92 Å². The molecule has 2 rings (SSSR count). The van der Waals surface area contributed by atoms with E-state index in [0.717, 1.165) is 18.2 Å². The predicted octanol–water partition coefficient (Wildman–Crippen LogP) is 2.88. The fourth-order valence-corrected chi connectivity index (χ4v) is 2.15. The summed E-state index contributed by atoms with van der Waals surface area (Å²) in [6.07, 6.45) is 4.99. The molecule has 0 amide bonds. The molecule has 3 heteroatoms. The van der Waals surface area contributed by atoms with Crippen LogP contribution in [0.3, 0.4) is 0 Å². The van der Waals surface area contributed by atoms with Crippen molar-refractivity contribution in [1.29, 1.82) is 0 Å². The standard InChI is InChI=1S/C12H21N3/c1-4-10-8(3)12(15-14-10)13-11(5-2)9-6-7-9/h9,11H,4-7H2,1-3H3,(H2,13,14,15). The molecule has 1 fully saturated rings. The Kier molecular flexibility index (Phi) is 2.98. The second kappa shape index (κ2) is 4.25. The Labute approximate surface area is 91.7 Å². The maximum absolute atomic E-state index is 4.35. The Balaban J connectivity index is 2.05. The minimum Gasteiger partial charge on any atom is -0.365 e. The second-order valence-electron chi connectivity index (χ2n) is 4.53. The molecule has 0 aliphatic heterocycles. The van der Waals surface area contributed by atoms with Crippen LogP contribution in [-0.2, 0) is 6.42 Å². The van der Waals surface area contributed by atoms with E-state index in [1.807, 2.05) is 0 Å². The molecule has 1 unspecified atom stereocenters. The Morgan fingerprint density at radius 1 is 1.47 bits per heavy atom. The third kappa shape index (κ3) is 2.16. The van der Waals surface area contributed by atoms with Gasteiger partial charge in [-0.05, 0) is 38.5 Å². The van der Waals surface area contributed by atoms with Gasteiger partial charge in [-0.1, -0.05) is 13.8 Å². The van der Waals surface area contributed by atoms with Gasteiger partial charge < -0.3 is 5.32 Å². The molecule has 1 atom stereocenters. The monoisotopic (exact) mass is 207 g/mol. The van der Waals surface area contributed by atoms with Crippen LogP contribution < -0.4 is 5.32 Å². The number of aryl methyl sites for hydroxylation is 1. The second-order valence-corrected chi connectivity index (χ2v) is 4.53. The van der Waals surface area contributed by atoms with Crippen molar-refractivity contribution in [1.82, 2.24) is 10.2 Å². The van der Waals surface area contributed by atoms with Gasteiger partial charge in [0.25, 0.3) is 0 Å². The van der Waals surface area contributed by atoms with Gasteiger partial charge in [0.1, 0.15) is 0 Å². The molecule has 1 aliphatic rings. The van der Waals surface area contributed by atoms with Crippen molar-refractivity contribution in [2.45, 2.75) is 52.5 Å². The van der Waals surface area contributed by atoms with Crippen LogP contribution in [0.4, 0.5) is 5.82 Å². The molecule has 84 valence electrons. The Morgan fingerprint density at radius 3 is 2.67 bits per heavy atom. The highest BCUT2D eigenvalue weighted by Gasteiger charge is 2.30. The van der Waals surface area contributed by atoms with Gasteiger partial charge in [0.2, 0.25) is 0 Å². The minimum absolute atomic E-state index is 0.622. The zero-order chi connectivity index (χ0) is 10.8. The molecule has 1 aromatic heterocycles. The van der Waals surface area contributed by atoms with E-state index in [9.17, 15) is 0 Å². The summed E-state index contributed by atoms with van der Waals surface area (Å²) >= 11 is 0. The number of anilines is 1. The van der Waals surface area contributed by atoms with Crippen LogP contribution in [0.5, 0.6) is 0 Å². The molecule has 0 spiro atoms. The van der Waals surface area contributed by atoms with Crippen molar-refractivity contribution >= 4 is 5.82 Å². The number of rotatable bonds is 5. The van der Waals surface area contributed by atoms with E-state index in [-0.39, 0.29) is 0 Å². The van der Waals surface area contributed by atoms with Crippen LogP contribution in [0.2, 0.25) is 0 Å². The number of aromatic amines is 1. The molecular formula is C12H21N3. The first-order valence-electron chi connectivity index (χ1n) is 6.06. The van der Waals surface area contributed by atoms with Crippen molar-refractivity contribution in [3.05, 3.63) is 11.3 Å². The molecule has 0 aromatic carbocycles. The summed E-state index contributed by atoms with van der Waals surface area (Å²) in [5.74, 6) is 1.95. The first-order chi connectivity index (χ1) is 7.26. The fraction of sp³-hybridized carbons (Fsp3) is 0.750. The van der Waals surface area contributed by atoms with E-state index >= 15 is 0 Å². The summed E-state index contributed by atoms with van der Waals surface area (Å²) in [4.78, 5) is 0. The lowest BCUT2D eigenvalue weighted by Crippen LogP contribution is -2.21. The van der Waals surface area contributed by atoms with Crippen LogP contribution in [-0.4, -0.2) is 16.2 Å². The largest absolute Gasteiger partial charge is 0.365 e. The molecule has 0 saturated heterocycles. The average molecular weight is 207 g/mol. The maximum Gasteiger partial charge on any atom is 0.151 e. The lowest BCUT2D eigenvalue weighted by molar-refractivity contribution is 0.613. The van der Waals surface area contributed by atoms with Crippen LogP contribution in [0.15, 0.2) is 0 Å². The predicted molar refractivity (Wildman–Crippen MR) is 63.1 cm³/mol. The molecule has 1 saturated carbocycles. The Hall–Kier alpha value is -0.990. The fourth-order valence-electron chi connectivity index (χ4n) is 2.15. The zero-order valence-electron chi connectivity index (χ0n) is 9.93. The van der Waals surface area contributed by atoms with E-state index in [4.69, 9.17) is 0 Å². The molecule has 1 aromatic rings. The zero-order valence-corrected chi connectivity index (χ0v) is 9.93. The maximum atomic E-state index is 4.35. The molecule has 0 bridgehead atoms. The normalized spacial score (nSPS) is 17.8. The number of hydrogen-bond donors (Lipinski definition) is 2. The third-order valence-electron chi connectivity index (χ3n) is 3.42. The van der Waals surface area contributed by atoms with Gasteiger partial charge in [0.15, 0.2) is 5.82 Å². The number of hydrogen-bond acceptors (Lipinski definition) is 2. The van der Waals surface area contributed by atoms with Gasteiger partial charge in [-0.3, -0.25) is 5.10 Å². The number of nitrogens with zero attached hydrogens (tertiary/aromatic N) is 1. The first kappa shape index (κ1) is 10.5. The average Bonchev–Trinajstić information content (AvgIpc) is 3.02. The third-order valence-corrected chi connectivity index (χ3v) is 3.42. The molecular weight excluding hydrogens is 186 g/mol. The molecule has 2 N–H and O–H groups in total. The molecule has 1 aliphatic carbocycles. The van der Waals surface area contributed by atoms with E-state index in [0.29, 0.717) is 6.04 Å². The summed E-state index contributed by atoms with van der Waals surface area (Å²) in [5, 5.41) is 11.0.